The third-order valence-corrected chi connectivity index (χ3v) is 8.05. The van der Waals surface area contributed by atoms with E-state index in [4.69, 9.17) is 0 Å². The van der Waals surface area contributed by atoms with Crippen molar-refractivity contribution in [2.24, 2.45) is 0 Å². The van der Waals surface area contributed by atoms with Crippen LogP contribution in [0.1, 0.15) is 27.9 Å². The van der Waals surface area contributed by atoms with Gasteiger partial charge in [0.05, 0.1) is 5.69 Å². The quantitative estimate of drug-likeness (QED) is 0.741. The molecule has 0 atom stereocenters. The van der Waals surface area contributed by atoms with Crippen LogP contribution in [0.5, 0.6) is 0 Å². The van der Waals surface area contributed by atoms with Crippen molar-refractivity contribution in [3.8, 4) is 10.6 Å². The monoisotopic (exact) mass is 422 g/mol. The summed E-state index contributed by atoms with van der Waals surface area (Å²) in [5.74, 6) is -0.0756. The Morgan fingerprint density at radius 3 is 2.29 bits per heavy atom. The lowest BCUT2D eigenvalue weighted by Crippen LogP contribution is -2.53. The minimum Gasteiger partial charge on any atom is -0.335 e. The first-order chi connectivity index (χ1) is 13.2. The molecule has 1 aliphatic rings. The number of thiazole rings is 1. The number of hydrogen-bond donors (Lipinski definition) is 0. The maximum absolute atomic E-state index is 13.0. The minimum atomic E-state index is -3.44. The minimum absolute atomic E-state index is 0.0756. The van der Waals surface area contributed by atoms with E-state index >= 15 is 0 Å². The van der Waals surface area contributed by atoms with E-state index in [-0.39, 0.29) is 5.91 Å². The highest BCUT2D eigenvalue weighted by Crippen LogP contribution is 2.29. The van der Waals surface area contributed by atoms with Crippen molar-refractivity contribution < 1.29 is 13.2 Å². The molecule has 3 rings (SSSR count). The van der Waals surface area contributed by atoms with E-state index < -0.39 is 10.2 Å². The first-order valence-corrected chi connectivity index (χ1v) is 11.5. The van der Waals surface area contributed by atoms with Crippen LogP contribution in [-0.2, 0) is 16.6 Å². The van der Waals surface area contributed by atoms with Gasteiger partial charge in [0, 0.05) is 45.8 Å². The molecule has 0 N–H and O–H groups in total. The van der Waals surface area contributed by atoms with Gasteiger partial charge in [-0.1, -0.05) is 31.2 Å². The molecule has 0 spiro atoms. The molecule has 2 heterocycles. The third kappa shape index (κ3) is 4.12. The number of rotatable bonds is 5. The van der Waals surface area contributed by atoms with E-state index in [1.54, 1.807) is 4.90 Å². The molecular weight excluding hydrogens is 396 g/mol. The zero-order valence-electron chi connectivity index (χ0n) is 16.7. The smallest absolute Gasteiger partial charge is 0.281 e. The fourth-order valence-corrected chi connectivity index (χ4v) is 5.22. The molecule has 0 radical (unpaired) electrons. The molecule has 1 saturated heterocycles. The number of piperazine rings is 1. The number of aromatic nitrogens is 1. The molecule has 1 fully saturated rings. The fraction of sp³-hybridized carbons (Fsp3) is 0.474. The highest BCUT2D eigenvalue weighted by molar-refractivity contribution is 7.86. The van der Waals surface area contributed by atoms with Crippen molar-refractivity contribution in [1.82, 2.24) is 18.5 Å². The fourth-order valence-electron chi connectivity index (χ4n) is 3.10. The molecule has 9 heteroatoms. The zero-order chi connectivity index (χ0) is 20.5. The number of nitrogens with zero attached hydrogens (tertiary/aromatic N) is 4. The maximum atomic E-state index is 13.0. The van der Waals surface area contributed by atoms with Gasteiger partial charge in [0.1, 0.15) is 9.88 Å². The Balaban J connectivity index is 1.72. The highest BCUT2D eigenvalue weighted by Gasteiger charge is 2.31. The Hall–Kier alpha value is -1.81. The average Bonchev–Trinajstić information content (AvgIpc) is 3.09. The lowest BCUT2D eigenvalue weighted by molar-refractivity contribution is 0.0699. The predicted molar refractivity (Wildman–Crippen MR) is 112 cm³/mol. The van der Waals surface area contributed by atoms with Crippen molar-refractivity contribution >= 4 is 27.5 Å². The van der Waals surface area contributed by atoms with Gasteiger partial charge in [-0.15, -0.1) is 11.3 Å². The summed E-state index contributed by atoms with van der Waals surface area (Å²) < 4.78 is 27.1. The van der Waals surface area contributed by atoms with Crippen molar-refractivity contribution in [2.45, 2.75) is 20.3 Å². The molecule has 1 aromatic heterocycles. The van der Waals surface area contributed by atoms with Crippen LogP contribution in [0.15, 0.2) is 24.3 Å². The maximum Gasteiger partial charge on any atom is 0.281 e. The van der Waals surface area contributed by atoms with Gasteiger partial charge in [-0.3, -0.25) is 4.79 Å². The standard InChI is InChI=1S/C19H26N4O3S2/c1-5-15-6-8-16(9-7-15)18-20-14(2)17(27-18)19(24)22-10-12-23(13-11-22)28(25,26)21(3)4/h6-9H,5,10-13H2,1-4H3. The Kier molecular flexibility index (Phi) is 6.18. The van der Waals surface area contributed by atoms with Crippen molar-refractivity contribution in [3.63, 3.8) is 0 Å². The zero-order valence-corrected chi connectivity index (χ0v) is 18.3. The van der Waals surface area contributed by atoms with Gasteiger partial charge in [0.25, 0.3) is 16.1 Å². The van der Waals surface area contributed by atoms with Crippen LogP contribution in [0.4, 0.5) is 0 Å². The van der Waals surface area contributed by atoms with E-state index in [1.807, 2.05) is 19.1 Å². The molecule has 0 bridgehead atoms. The lowest BCUT2D eigenvalue weighted by Gasteiger charge is -2.35. The average molecular weight is 423 g/mol. The SMILES string of the molecule is CCc1ccc(-c2nc(C)c(C(=O)N3CCN(S(=O)(=O)N(C)C)CC3)s2)cc1. The summed E-state index contributed by atoms with van der Waals surface area (Å²) in [7, 11) is -0.409. The summed E-state index contributed by atoms with van der Waals surface area (Å²) in [4.78, 5) is 19.9. The third-order valence-electron chi connectivity index (χ3n) is 4.91. The van der Waals surface area contributed by atoms with Crippen molar-refractivity contribution in [1.29, 1.82) is 0 Å². The summed E-state index contributed by atoms with van der Waals surface area (Å²) in [6.07, 6.45) is 0.983. The summed E-state index contributed by atoms with van der Waals surface area (Å²) >= 11 is 1.40. The van der Waals surface area contributed by atoms with E-state index in [0.29, 0.717) is 36.8 Å². The molecule has 1 amide bonds. The molecule has 28 heavy (non-hydrogen) atoms. The van der Waals surface area contributed by atoms with Crippen LogP contribution in [0.2, 0.25) is 0 Å². The Labute approximate surface area is 170 Å². The number of amides is 1. The Morgan fingerprint density at radius 2 is 1.75 bits per heavy atom. The van der Waals surface area contributed by atoms with Crippen LogP contribution >= 0.6 is 11.3 Å². The second kappa shape index (κ2) is 8.28. The van der Waals surface area contributed by atoms with Crippen LogP contribution in [-0.4, -0.2) is 73.1 Å². The summed E-state index contributed by atoms with van der Waals surface area (Å²) in [6, 6.07) is 8.24. The number of carbonyl (C=O) groups excluding carboxylic acids is 1. The van der Waals surface area contributed by atoms with Crippen LogP contribution in [0.25, 0.3) is 10.6 Å². The second-order valence-corrected chi connectivity index (χ2v) is 10.1. The van der Waals surface area contributed by atoms with E-state index in [9.17, 15) is 13.2 Å². The van der Waals surface area contributed by atoms with Gasteiger partial charge in [0.15, 0.2) is 0 Å². The summed E-state index contributed by atoms with van der Waals surface area (Å²) in [6.45, 7) is 5.32. The van der Waals surface area contributed by atoms with E-state index in [2.05, 4.69) is 24.0 Å². The molecule has 0 aliphatic carbocycles. The van der Waals surface area contributed by atoms with Gasteiger partial charge in [0.2, 0.25) is 0 Å². The number of benzene rings is 1. The van der Waals surface area contributed by atoms with Gasteiger partial charge >= 0.3 is 0 Å². The molecule has 0 unspecified atom stereocenters. The largest absolute Gasteiger partial charge is 0.335 e. The van der Waals surface area contributed by atoms with Crippen LogP contribution in [0.3, 0.4) is 0 Å². The van der Waals surface area contributed by atoms with Gasteiger partial charge < -0.3 is 4.90 Å². The van der Waals surface area contributed by atoms with Gasteiger partial charge in [-0.2, -0.15) is 17.0 Å². The van der Waals surface area contributed by atoms with E-state index in [1.165, 1.54) is 39.6 Å². The van der Waals surface area contributed by atoms with Crippen molar-refractivity contribution in [3.05, 3.63) is 40.4 Å². The lowest BCUT2D eigenvalue weighted by atomic mass is 10.1. The Bertz CT molecular complexity index is 944. The molecule has 1 aromatic carbocycles. The first kappa shape index (κ1) is 20.9. The molecular formula is C19H26N4O3S2. The molecule has 152 valence electrons. The van der Waals surface area contributed by atoms with Gasteiger partial charge in [-0.25, -0.2) is 4.98 Å². The van der Waals surface area contributed by atoms with Crippen LogP contribution < -0.4 is 0 Å². The second-order valence-electron chi connectivity index (χ2n) is 6.97. The number of hydrogen-bond acceptors (Lipinski definition) is 5. The number of carbonyl (C=O) groups is 1. The summed E-state index contributed by atoms with van der Waals surface area (Å²) in [5.41, 5.74) is 2.98. The molecule has 0 saturated carbocycles. The molecule has 2 aromatic rings. The number of aryl methyl sites for hydroxylation is 2. The van der Waals surface area contributed by atoms with Crippen LogP contribution in [0, 0.1) is 6.92 Å². The highest BCUT2D eigenvalue weighted by atomic mass is 32.2. The van der Waals surface area contributed by atoms with E-state index in [0.717, 1.165) is 17.0 Å². The van der Waals surface area contributed by atoms with Gasteiger partial charge in [-0.05, 0) is 18.9 Å². The summed E-state index contributed by atoms with van der Waals surface area (Å²) in [5, 5.41) is 0.831. The predicted octanol–water partition coefficient (Wildman–Crippen LogP) is 2.25. The first-order valence-electron chi connectivity index (χ1n) is 9.27. The Morgan fingerprint density at radius 1 is 1.14 bits per heavy atom. The normalized spacial score (nSPS) is 16.0. The molecule has 7 nitrogen and oxygen atoms in total. The molecule has 1 aliphatic heterocycles. The topological polar surface area (TPSA) is 73.8 Å². The van der Waals surface area contributed by atoms with Crippen molar-refractivity contribution in [2.75, 3.05) is 40.3 Å².